The average Bonchev–Trinajstić information content (AvgIpc) is 3.27. The summed E-state index contributed by atoms with van der Waals surface area (Å²) >= 11 is 0. The predicted molar refractivity (Wildman–Crippen MR) is 79.4 cm³/mol. The van der Waals surface area contributed by atoms with Crippen molar-refractivity contribution in [2.75, 3.05) is 20.2 Å². The molecule has 3 heteroatoms. The molecule has 1 aromatic rings. The van der Waals surface area contributed by atoms with Crippen LogP contribution in [0, 0.1) is 5.92 Å². The first-order valence-corrected chi connectivity index (χ1v) is 7.29. The Labute approximate surface area is 116 Å². The van der Waals surface area contributed by atoms with Gasteiger partial charge in [-0.1, -0.05) is 19.1 Å². The highest BCUT2D eigenvalue weighted by Crippen LogP contribution is 2.31. The molecule has 0 heterocycles. The van der Waals surface area contributed by atoms with Crippen LogP contribution in [0.25, 0.3) is 0 Å². The normalized spacial score (nSPS) is 18.4. The van der Waals surface area contributed by atoms with Crippen LogP contribution in [0.5, 0.6) is 5.75 Å². The lowest BCUT2D eigenvalue weighted by Crippen LogP contribution is -2.41. The van der Waals surface area contributed by atoms with Gasteiger partial charge in [0.2, 0.25) is 0 Å². The number of methoxy groups -OCH3 is 1. The Hall–Kier alpha value is -1.06. The standard InChI is InChI=1S/C16H26N2O/c1-4-18(11-13-5-6-13)12(2)16(17)14-7-9-15(19-3)10-8-14/h7-10,12-13,16H,4-6,11,17H2,1-3H3. The minimum absolute atomic E-state index is 0.0598. The van der Waals surface area contributed by atoms with E-state index in [1.807, 2.05) is 12.1 Å². The van der Waals surface area contributed by atoms with Gasteiger partial charge in [-0.2, -0.15) is 0 Å². The first-order valence-electron chi connectivity index (χ1n) is 7.29. The lowest BCUT2D eigenvalue weighted by atomic mass is 9.99. The van der Waals surface area contributed by atoms with E-state index in [1.54, 1.807) is 7.11 Å². The molecule has 2 rings (SSSR count). The third-order valence-electron chi connectivity index (χ3n) is 4.19. The van der Waals surface area contributed by atoms with Gasteiger partial charge < -0.3 is 10.5 Å². The Bertz CT molecular complexity index is 386. The molecule has 0 aromatic heterocycles. The summed E-state index contributed by atoms with van der Waals surface area (Å²) in [5.41, 5.74) is 7.60. The van der Waals surface area contributed by atoms with Crippen molar-refractivity contribution in [3.05, 3.63) is 29.8 Å². The van der Waals surface area contributed by atoms with Crippen LogP contribution in [0.2, 0.25) is 0 Å². The minimum atomic E-state index is 0.0598. The van der Waals surface area contributed by atoms with Crippen LogP contribution >= 0.6 is 0 Å². The van der Waals surface area contributed by atoms with Crippen LogP contribution in [0.3, 0.4) is 0 Å². The van der Waals surface area contributed by atoms with Crippen LogP contribution in [-0.2, 0) is 0 Å². The van der Waals surface area contributed by atoms with E-state index in [0.29, 0.717) is 6.04 Å². The Balaban J connectivity index is 2.00. The number of rotatable bonds is 7. The van der Waals surface area contributed by atoms with E-state index >= 15 is 0 Å². The number of benzene rings is 1. The second kappa shape index (κ2) is 6.40. The molecule has 2 N–H and O–H groups in total. The van der Waals surface area contributed by atoms with Crippen molar-refractivity contribution >= 4 is 0 Å². The highest BCUT2D eigenvalue weighted by atomic mass is 16.5. The van der Waals surface area contributed by atoms with Gasteiger partial charge >= 0.3 is 0 Å². The molecular weight excluding hydrogens is 236 g/mol. The van der Waals surface area contributed by atoms with Crippen LogP contribution in [0.4, 0.5) is 0 Å². The molecule has 2 atom stereocenters. The summed E-state index contributed by atoms with van der Waals surface area (Å²) in [6.07, 6.45) is 2.78. The molecule has 0 amide bonds. The topological polar surface area (TPSA) is 38.5 Å². The van der Waals surface area contributed by atoms with Crippen molar-refractivity contribution in [2.45, 2.75) is 38.8 Å². The maximum atomic E-state index is 6.42. The monoisotopic (exact) mass is 262 g/mol. The lowest BCUT2D eigenvalue weighted by Gasteiger charge is -2.32. The molecule has 0 radical (unpaired) electrons. The van der Waals surface area contributed by atoms with Gasteiger partial charge in [-0.05, 0) is 49.9 Å². The van der Waals surface area contributed by atoms with Crippen LogP contribution < -0.4 is 10.5 Å². The summed E-state index contributed by atoms with van der Waals surface area (Å²) in [7, 11) is 1.69. The van der Waals surface area contributed by atoms with E-state index in [9.17, 15) is 0 Å². The lowest BCUT2D eigenvalue weighted by molar-refractivity contribution is 0.185. The molecule has 1 saturated carbocycles. The van der Waals surface area contributed by atoms with Gasteiger partial charge in [-0.25, -0.2) is 0 Å². The Kier molecular flexibility index (Phi) is 4.83. The average molecular weight is 262 g/mol. The van der Waals surface area contributed by atoms with Crippen molar-refractivity contribution in [1.82, 2.24) is 4.90 Å². The summed E-state index contributed by atoms with van der Waals surface area (Å²) in [6, 6.07) is 8.55. The minimum Gasteiger partial charge on any atom is -0.497 e. The fourth-order valence-electron chi connectivity index (χ4n) is 2.55. The molecule has 19 heavy (non-hydrogen) atoms. The predicted octanol–water partition coefficient (Wildman–Crippen LogP) is 2.82. The number of ether oxygens (including phenoxy) is 1. The van der Waals surface area contributed by atoms with Gasteiger partial charge in [0.05, 0.1) is 7.11 Å². The van der Waals surface area contributed by atoms with Crippen LogP contribution in [-0.4, -0.2) is 31.1 Å². The maximum absolute atomic E-state index is 6.42. The third-order valence-corrected chi connectivity index (χ3v) is 4.19. The van der Waals surface area contributed by atoms with Gasteiger partial charge in [-0.3, -0.25) is 4.90 Å². The van der Waals surface area contributed by atoms with Crippen molar-refractivity contribution in [2.24, 2.45) is 11.7 Å². The van der Waals surface area contributed by atoms with Gasteiger partial charge in [0.15, 0.2) is 0 Å². The fraction of sp³-hybridized carbons (Fsp3) is 0.625. The SMILES string of the molecule is CCN(CC1CC1)C(C)C(N)c1ccc(OC)cc1. The Morgan fingerprint density at radius 1 is 1.32 bits per heavy atom. The zero-order valence-electron chi connectivity index (χ0n) is 12.3. The first-order chi connectivity index (χ1) is 9.15. The van der Waals surface area contributed by atoms with E-state index < -0.39 is 0 Å². The molecule has 0 saturated heterocycles. The second-order valence-electron chi connectivity index (χ2n) is 5.57. The van der Waals surface area contributed by atoms with Crippen molar-refractivity contribution in [3.63, 3.8) is 0 Å². The number of nitrogens with zero attached hydrogens (tertiary/aromatic N) is 1. The zero-order chi connectivity index (χ0) is 13.8. The Morgan fingerprint density at radius 2 is 1.95 bits per heavy atom. The highest BCUT2D eigenvalue weighted by molar-refractivity contribution is 5.29. The van der Waals surface area contributed by atoms with Crippen molar-refractivity contribution in [3.8, 4) is 5.75 Å². The van der Waals surface area contributed by atoms with Gasteiger partial charge in [0.25, 0.3) is 0 Å². The van der Waals surface area contributed by atoms with E-state index in [4.69, 9.17) is 10.5 Å². The molecule has 1 aliphatic carbocycles. The molecule has 1 aliphatic rings. The molecule has 3 nitrogen and oxygen atoms in total. The number of nitrogens with two attached hydrogens (primary N) is 1. The summed E-state index contributed by atoms with van der Waals surface area (Å²) in [5.74, 6) is 1.79. The molecule has 0 aliphatic heterocycles. The number of hydrogen-bond acceptors (Lipinski definition) is 3. The van der Waals surface area contributed by atoms with E-state index in [-0.39, 0.29) is 6.04 Å². The molecule has 106 valence electrons. The molecule has 1 aromatic carbocycles. The number of likely N-dealkylation sites (N-methyl/N-ethyl adjacent to an activating group) is 1. The van der Waals surface area contributed by atoms with E-state index in [2.05, 4.69) is 30.9 Å². The third kappa shape index (κ3) is 3.71. The molecule has 1 fully saturated rings. The first kappa shape index (κ1) is 14.4. The van der Waals surface area contributed by atoms with Crippen molar-refractivity contribution in [1.29, 1.82) is 0 Å². The van der Waals surface area contributed by atoms with E-state index in [0.717, 1.165) is 18.2 Å². The molecule has 2 unspecified atom stereocenters. The molecular formula is C16H26N2O. The van der Waals surface area contributed by atoms with Gasteiger partial charge in [-0.15, -0.1) is 0 Å². The molecule has 0 spiro atoms. The zero-order valence-corrected chi connectivity index (χ0v) is 12.3. The second-order valence-corrected chi connectivity index (χ2v) is 5.57. The van der Waals surface area contributed by atoms with Gasteiger partial charge in [0, 0.05) is 18.6 Å². The van der Waals surface area contributed by atoms with Gasteiger partial charge in [0.1, 0.15) is 5.75 Å². The summed E-state index contributed by atoms with van der Waals surface area (Å²) in [5, 5.41) is 0. The maximum Gasteiger partial charge on any atom is 0.118 e. The quantitative estimate of drug-likeness (QED) is 0.821. The smallest absolute Gasteiger partial charge is 0.118 e. The van der Waals surface area contributed by atoms with Crippen molar-refractivity contribution < 1.29 is 4.74 Å². The number of hydrogen-bond donors (Lipinski definition) is 1. The largest absolute Gasteiger partial charge is 0.497 e. The van der Waals surface area contributed by atoms with E-state index in [1.165, 1.54) is 24.9 Å². The summed E-state index contributed by atoms with van der Waals surface area (Å²) in [4.78, 5) is 2.51. The summed E-state index contributed by atoms with van der Waals surface area (Å²) < 4.78 is 5.19. The summed E-state index contributed by atoms with van der Waals surface area (Å²) in [6.45, 7) is 6.73. The highest BCUT2D eigenvalue weighted by Gasteiger charge is 2.28. The Morgan fingerprint density at radius 3 is 2.42 bits per heavy atom. The fourth-order valence-corrected chi connectivity index (χ4v) is 2.55. The van der Waals surface area contributed by atoms with Crippen LogP contribution in [0.1, 0.15) is 38.3 Å². The van der Waals surface area contributed by atoms with Crippen LogP contribution in [0.15, 0.2) is 24.3 Å². The molecule has 0 bridgehead atoms.